The minimum absolute atomic E-state index is 0.845. The summed E-state index contributed by atoms with van der Waals surface area (Å²) < 4.78 is 0. The predicted octanol–water partition coefficient (Wildman–Crippen LogP) is 8.03. The van der Waals surface area contributed by atoms with Gasteiger partial charge in [0.25, 0.3) is 0 Å². The van der Waals surface area contributed by atoms with Crippen LogP contribution in [0.4, 0.5) is 22.7 Å². The highest BCUT2D eigenvalue weighted by Crippen LogP contribution is 2.29. The molecule has 0 unspecified atom stereocenters. The smallest absolute Gasteiger partial charge is 0.0452 e. The second kappa shape index (κ2) is 16.9. The van der Waals surface area contributed by atoms with Gasteiger partial charge in [0.15, 0.2) is 0 Å². The Hall–Kier alpha value is -2.78. The molecule has 4 aromatic carbocycles. The predicted molar refractivity (Wildman–Crippen MR) is 175 cm³/mol. The molecule has 38 heavy (non-hydrogen) atoms. The Morgan fingerprint density at radius 3 is 0.947 bits per heavy atom. The van der Waals surface area contributed by atoms with E-state index < -0.39 is 0 Å². The molecule has 0 radical (unpaired) electrons. The van der Waals surface area contributed by atoms with Crippen molar-refractivity contribution in [3.05, 3.63) is 109 Å². The average molecular weight is 579 g/mol. The first-order valence-corrected chi connectivity index (χ1v) is 16.0. The van der Waals surface area contributed by atoms with Gasteiger partial charge in [0.2, 0.25) is 0 Å². The minimum atomic E-state index is 0.845. The summed E-state index contributed by atoms with van der Waals surface area (Å²) in [4.78, 5) is 4.58. The van der Waals surface area contributed by atoms with E-state index in [1.54, 1.807) is 47.0 Å². The molecule has 0 fully saturated rings. The van der Waals surface area contributed by atoms with Gasteiger partial charge in [-0.15, -0.1) is 47.0 Å². The molecule has 0 saturated carbocycles. The number of anilines is 4. The van der Waals surface area contributed by atoms with Gasteiger partial charge in [0, 0.05) is 65.3 Å². The molecule has 0 aliphatic carbocycles. The zero-order valence-corrected chi connectivity index (χ0v) is 24.4. The Kier molecular flexibility index (Phi) is 13.3. The third kappa shape index (κ3) is 10.5. The van der Waals surface area contributed by atoms with Gasteiger partial charge in [0.1, 0.15) is 0 Å². The SMILES string of the molecule is Nc1ccccc1SCC=CCSc1ccccc1N.Nc1ccccc1SCCSc1ccccc1N. The van der Waals surface area contributed by atoms with Crippen LogP contribution in [0.1, 0.15) is 0 Å². The second-order valence-electron chi connectivity index (χ2n) is 7.94. The van der Waals surface area contributed by atoms with Crippen LogP contribution in [-0.4, -0.2) is 23.0 Å². The third-order valence-corrected chi connectivity index (χ3v) is 9.64. The third-order valence-electron chi connectivity index (χ3n) is 5.11. The highest BCUT2D eigenvalue weighted by molar-refractivity contribution is 8.03. The van der Waals surface area contributed by atoms with E-state index in [4.69, 9.17) is 22.9 Å². The number of nitrogens with two attached hydrogens (primary N) is 4. The van der Waals surface area contributed by atoms with Crippen LogP contribution in [0.3, 0.4) is 0 Å². The van der Waals surface area contributed by atoms with Crippen molar-refractivity contribution in [1.29, 1.82) is 0 Å². The molecule has 0 saturated heterocycles. The number of para-hydroxylation sites is 4. The van der Waals surface area contributed by atoms with Crippen molar-refractivity contribution in [3.8, 4) is 0 Å². The standard InChI is InChI=1S/C16H18N2S2.C14H16N2S2/c17-13-7-1-3-9-15(13)19-11-5-6-12-20-16-10-4-2-8-14(16)18;15-11-5-1-3-7-13(11)17-9-10-18-14-8-4-2-6-12(14)16/h1-10H,11-12,17-18H2;1-8H,9-10,15-16H2. The minimum Gasteiger partial charge on any atom is -0.398 e. The van der Waals surface area contributed by atoms with Crippen LogP contribution in [0.2, 0.25) is 0 Å². The highest BCUT2D eigenvalue weighted by atomic mass is 32.2. The summed E-state index contributed by atoms with van der Waals surface area (Å²) in [5, 5.41) is 0. The Morgan fingerprint density at radius 1 is 0.395 bits per heavy atom. The van der Waals surface area contributed by atoms with Crippen LogP contribution in [0.5, 0.6) is 0 Å². The van der Waals surface area contributed by atoms with Gasteiger partial charge in [-0.25, -0.2) is 0 Å². The molecule has 4 nitrogen and oxygen atoms in total. The van der Waals surface area contributed by atoms with Crippen molar-refractivity contribution in [3.63, 3.8) is 0 Å². The maximum absolute atomic E-state index is 5.89. The van der Waals surface area contributed by atoms with Crippen molar-refractivity contribution < 1.29 is 0 Å². The van der Waals surface area contributed by atoms with Gasteiger partial charge in [0.05, 0.1) is 0 Å². The fraction of sp³-hybridized carbons (Fsp3) is 0.133. The first-order valence-electron chi connectivity index (χ1n) is 12.1. The van der Waals surface area contributed by atoms with Gasteiger partial charge < -0.3 is 22.9 Å². The van der Waals surface area contributed by atoms with Crippen molar-refractivity contribution >= 4 is 69.8 Å². The van der Waals surface area contributed by atoms with E-state index in [1.165, 1.54) is 0 Å². The molecule has 8 N–H and O–H groups in total. The van der Waals surface area contributed by atoms with Crippen LogP contribution >= 0.6 is 47.0 Å². The fourth-order valence-electron chi connectivity index (χ4n) is 3.16. The van der Waals surface area contributed by atoms with Crippen LogP contribution in [0.25, 0.3) is 0 Å². The number of rotatable bonds is 11. The zero-order valence-electron chi connectivity index (χ0n) is 21.2. The van der Waals surface area contributed by atoms with Gasteiger partial charge in [-0.05, 0) is 48.5 Å². The normalized spacial score (nSPS) is 10.7. The van der Waals surface area contributed by atoms with Crippen molar-refractivity contribution in [2.75, 3.05) is 45.9 Å². The van der Waals surface area contributed by atoms with Gasteiger partial charge >= 0.3 is 0 Å². The molecule has 8 heteroatoms. The number of benzene rings is 4. The summed E-state index contributed by atoms with van der Waals surface area (Å²) >= 11 is 7.07. The summed E-state index contributed by atoms with van der Waals surface area (Å²) in [6, 6.07) is 31.8. The molecule has 4 rings (SSSR count). The molecule has 0 spiro atoms. The highest BCUT2D eigenvalue weighted by Gasteiger charge is 2.01. The molecular formula is C30H34N4S4. The molecule has 0 atom stereocenters. The molecule has 4 aromatic rings. The largest absolute Gasteiger partial charge is 0.398 e. The summed E-state index contributed by atoms with van der Waals surface area (Å²) in [5.41, 5.74) is 27.0. The van der Waals surface area contributed by atoms with E-state index in [9.17, 15) is 0 Å². The monoisotopic (exact) mass is 578 g/mol. The first-order chi connectivity index (χ1) is 18.5. The lowest BCUT2D eigenvalue weighted by Gasteiger charge is -2.06. The molecule has 0 aromatic heterocycles. The maximum Gasteiger partial charge on any atom is 0.0452 e. The molecule has 0 aliphatic rings. The molecule has 0 bridgehead atoms. The topological polar surface area (TPSA) is 104 Å². The Labute approximate surface area is 243 Å². The number of hydrogen-bond acceptors (Lipinski definition) is 8. The van der Waals surface area contributed by atoms with Gasteiger partial charge in [-0.3, -0.25) is 0 Å². The van der Waals surface area contributed by atoms with Crippen molar-refractivity contribution in [1.82, 2.24) is 0 Å². The lowest BCUT2D eigenvalue weighted by atomic mass is 10.3. The summed E-state index contributed by atoms with van der Waals surface area (Å²) in [7, 11) is 0. The molecule has 0 heterocycles. The summed E-state index contributed by atoms with van der Waals surface area (Å²) in [6.07, 6.45) is 4.34. The average Bonchev–Trinajstić information content (AvgIpc) is 2.93. The van der Waals surface area contributed by atoms with E-state index in [1.807, 2.05) is 84.9 Å². The quantitative estimate of drug-likeness (QED) is 0.0614. The van der Waals surface area contributed by atoms with E-state index >= 15 is 0 Å². The van der Waals surface area contributed by atoms with Crippen LogP contribution in [0, 0.1) is 0 Å². The van der Waals surface area contributed by atoms with Crippen molar-refractivity contribution in [2.45, 2.75) is 19.6 Å². The lowest BCUT2D eigenvalue weighted by Crippen LogP contribution is -1.91. The van der Waals surface area contributed by atoms with Crippen LogP contribution in [0.15, 0.2) is 129 Å². The molecule has 0 amide bonds. The molecule has 198 valence electrons. The Bertz CT molecular complexity index is 1200. The van der Waals surface area contributed by atoms with Crippen LogP contribution < -0.4 is 22.9 Å². The summed E-state index contributed by atoms with van der Waals surface area (Å²) in [6.45, 7) is 0. The van der Waals surface area contributed by atoms with E-state index in [0.717, 1.165) is 65.3 Å². The zero-order chi connectivity index (χ0) is 27.0. The molecule has 0 aliphatic heterocycles. The van der Waals surface area contributed by atoms with Crippen LogP contribution in [-0.2, 0) is 0 Å². The second-order valence-corrected chi connectivity index (χ2v) is 12.3. The lowest BCUT2D eigenvalue weighted by molar-refractivity contribution is 1.42. The molecular weight excluding hydrogens is 545 g/mol. The maximum atomic E-state index is 5.89. The number of nitrogen functional groups attached to an aromatic ring is 4. The summed E-state index contributed by atoms with van der Waals surface area (Å²) in [5.74, 6) is 3.90. The Balaban J connectivity index is 0.000000212. The number of hydrogen-bond donors (Lipinski definition) is 4. The first kappa shape index (κ1) is 29.8. The van der Waals surface area contributed by atoms with E-state index in [-0.39, 0.29) is 0 Å². The number of thioether (sulfide) groups is 4. The van der Waals surface area contributed by atoms with E-state index in [0.29, 0.717) is 0 Å². The Morgan fingerprint density at radius 2 is 0.658 bits per heavy atom. The van der Waals surface area contributed by atoms with Gasteiger partial charge in [-0.1, -0.05) is 60.7 Å². The fourth-order valence-corrected chi connectivity index (χ4v) is 6.73. The van der Waals surface area contributed by atoms with Crippen molar-refractivity contribution in [2.24, 2.45) is 0 Å². The van der Waals surface area contributed by atoms with E-state index in [2.05, 4.69) is 24.3 Å². The van der Waals surface area contributed by atoms with Gasteiger partial charge in [-0.2, -0.15) is 0 Å².